The maximum absolute atomic E-state index is 8.96. The molecule has 1 aromatic carbocycles. The van der Waals surface area contributed by atoms with Crippen LogP contribution in [0.15, 0.2) is 30.3 Å². The molecule has 0 saturated carbocycles. The van der Waals surface area contributed by atoms with Gasteiger partial charge in [-0.25, -0.2) is 4.98 Å². The number of thiazole rings is 1. The van der Waals surface area contributed by atoms with Crippen molar-refractivity contribution in [3.63, 3.8) is 0 Å². The minimum atomic E-state index is 0.589. The highest BCUT2D eigenvalue weighted by atomic mass is 32.1. The zero-order chi connectivity index (χ0) is 12.8. The van der Waals surface area contributed by atoms with E-state index < -0.39 is 0 Å². The molecule has 0 fully saturated rings. The molecule has 0 N–H and O–H groups in total. The Morgan fingerprint density at radius 1 is 1.33 bits per heavy atom. The van der Waals surface area contributed by atoms with Crippen LogP contribution in [0.4, 0.5) is 0 Å². The van der Waals surface area contributed by atoms with E-state index >= 15 is 0 Å². The molecular formula is C14H14N2OS. The Labute approximate surface area is 111 Å². The van der Waals surface area contributed by atoms with Gasteiger partial charge in [0.25, 0.3) is 0 Å². The molecule has 0 saturated heterocycles. The average molecular weight is 258 g/mol. The second kappa shape index (κ2) is 6.18. The molecule has 0 amide bonds. The summed E-state index contributed by atoms with van der Waals surface area (Å²) in [7, 11) is 0. The zero-order valence-corrected chi connectivity index (χ0v) is 11.0. The van der Waals surface area contributed by atoms with E-state index in [1.165, 1.54) is 11.3 Å². The maximum atomic E-state index is 8.96. The average Bonchev–Trinajstić information content (AvgIpc) is 2.82. The summed E-state index contributed by atoms with van der Waals surface area (Å²) in [5, 5.41) is 9.93. The number of aromatic nitrogens is 1. The van der Waals surface area contributed by atoms with Gasteiger partial charge >= 0.3 is 0 Å². The quantitative estimate of drug-likeness (QED) is 0.827. The Morgan fingerprint density at radius 3 is 2.72 bits per heavy atom. The molecule has 0 aliphatic rings. The number of nitrogens with zero attached hydrogens (tertiary/aromatic N) is 2. The summed E-state index contributed by atoms with van der Waals surface area (Å²) in [5.74, 6) is 0.866. The van der Waals surface area contributed by atoms with Crippen LogP contribution in [0.1, 0.15) is 22.5 Å². The van der Waals surface area contributed by atoms with Crippen molar-refractivity contribution in [3.8, 4) is 11.8 Å². The number of hydrogen-bond donors (Lipinski definition) is 0. The van der Waals surface area contributed by atoms with Crippen LogP contribution in [0.25, 0.3) is 0 Å². The SMILES string of the molecule is CCc1nc(CCOc2ccccc2)sc1C#N. The van der Waals surface area contributed by atoms with E-state index in [9.17, 15) is 0 Å². The van der Waals surface area contributed by atoms with Gasteiger partial charge in [0.15, 0.2) is 0 Å². The molecule has 2 rings (SSSR count). The second-order valence-corrected chi connectivity index (χ2v) is 4.84. The Balaban J connectivity index is 1.91. The van der Waals surface area contributed by atoms with E-state index in [1.54, 1.807) is 0 Å². The topological polar surface area (TPSA) is 45.9 Å². The van der Waals surface area contributed by atoms with Crippen molar-refractivity contribution in [2.45, 2.75) is 19.8 Å². The van der Waals surface area contributed by atoms with Crippen LogP contribution >= 0.6 is 11.3 Å². The molecule has 0 aliphatic heterocycles. The summed E-state index contributed by atoms with van der Waals surface area (Å²) in [6, 6.07) is 11.9. The predicted molar refractivity (Wildman–Crippen MR) is 71.8 cm³/mol. The van der Waals surface area contributed by atoms with Crippen LogP contribution in [0, 0.1) is 11.3 Å². The first-order valence-electron chi connectivity index (χ1n) is 5.90. The maximum Gasteiger partial charge on any atom is 0.128 e. The highest BCUT2D eigenvalue weighted by molar-refractivity contribution is 7.12. The van der Waals surface area contributed by atoms with Crippen molar-refractivity contribution in [2.75, 3.05) is 6.61 Å². The van der Waals surface area contributed by atoms with Crippen molar-refractivity contribution in [3.05, 3.63) is 45.9 Å². The van der Waals surface area contributed by atoms with Gasteiger partial charge in [0.1, 0.15) is 16.7 Å². The molecule has 2 aromatic rings. The van der Waals surface area contributed by atoms with E-state index in [4.69, 9.17) is 10.00 Å². The Bertz CT molecular complexity index is 543. The highest BCUT2D eigenvalue weighted by Crippen LogP contribution is 2.19. The molecular weight excluding hydrogens is 244 g/mol. The number of benzene rings is 1. The van der Waals surface area contributed by atoms with Gasteiger partial charge in [0.2, 0.25) is 0 Å². The fourth-order valence-electron chi connectivity index (χ4n) is 1.61. The first-order valence-corrected chi connectivity index (χ1v) is 6.71. The van der Waals surface area contributed by atoms with E-state index in [2.05, 4.69) is 11.1 Å². The van der Waals surface area contributed by atoms with E-state index in [0.29, 0.717) is 6.61 Å². The largest absolute Gasteiger partial charge is 0.493 e. The summed E-state index contributed by atoms with van der Waals surface area (Å²) >= 11 is 1.47. The Morgan fingerprint density at radius 2 is 2.11 bits per heavy atom. The number of ether oxygens (including phenoxy) is 1. The molecule has 4 heteroatoms. The van der Waals surface area contributed by atoms with Gasteiger partial charge in [-0.15, -0.1) is 11.3 Å². The fraction of sp³-hybridized carbons (Fsp3) is 0.286. The molecule has 0 radical (unpaired) electrons. The normalized spacial score (nSPS) is 10.0. The number of hydrogen-bond acceptors (Lipinski definition) is 4. The fourth-order valence-corrected chi connectivity index (χ4v) is 2.54. The van der Waals surface area contributed by atoms with Gasteiger partial charge < -0.3 is 4.74 Å². The lowest BCUT2D eigenvalue weighted by Gasteiger charge is -2.03. The molecule has 0 spiro atoms. The van der Waals surface area contributed by atoms with Gasteiger partial charge in [-0.3, -0.25) is 0 Å². The molecule has 0 bridgehead atoms. The lowest BCUT2D eigenvalue weighted by atomic mass is 10.3. The van der Waals surface area contributed by atoms with Gasteiger partial charge in [-0.1, -0.05) is 25.1 Å². The molecule has 18 heavy (non-hydrogen) atoms. The Hall–Kier alpha value is -1.86. The third kappa shape index (κ3) is 3.08. The van der Waals surface area contributed by atoms with Crippen LogP contribution in [-0.4, -0.2) is 11.6 Å². The number of para-hydroxylation sites is 1. The summed E-state index contributed by atoms with van der Waals surface area (Å²) in [6.07, 6.45) is 1.55. The summed E-state index contributed by atoms with van der Waals surface area (Å²) < 4.78 is 5.61. The minimum absolute atomic E-state index is 0.589. The minimum Gasteiger partial charge on any atom is -0.493 e. The lowest BCUT2D eigenvalue weighted by Crippen LogP contribution is -2.00. The van der Waals surface area contributed by atoms with Crippen molar-refractivity contribution in [1.82, 2.24) is 4.98 Å². The first kappa shape index (κ1) is 12.6. The van der Waals surface area contributed by atoms with Crippen molar-refractivity contribution >= 4 is 11.3 Å². The van der Waals surface area contributed by atoms with Gasteiger partial charge in [-0.05, 0) is 18.6 Å². The van der Waals surface area contributed by atoms with Gasteiger partial charge in [-0.2, -0.15) is 5.26 Å². The number of aryl methyl sites for hydroxylation is 1. The Kier molecular flexibility index (Phi) is 4.32. The molecule has 1 aromatic heterocycles. The van der Waals surface area contributed by atoms with E-state index in [0.717, 1.165) is 34.2 Å². The standard InChI is InChI=1S/C14H14N2OS/c1-2-12-13(10-15)18-14(16-12)8-9-17-11-6-4-3-5-7-11/h3-7H,2,8-9H2,1H3. The zero-order valence-electron chi connectivity index (χ0n) is 10.2. The second-order valence-electron chi connectivity index (χ2n) is 3.76. The van der Waals surface area contributed by atoms with Crippen LogP contribution in [0.5, 0.6) is 5.75 Å². The third-order valence-electron chi connectivity index (χ3n) is 2.51. The van der Waals surface area contributed by atoms with Crippen molar-refractivity contribution in [2.24, 2.45) is 0 Å². The van der Waals surface area contributed by atoms with Gasteiger partial charge in [0, 0.05) is 6.42 Å². The van der Waals surface area contributed by atoms with Crippen LogP contribution < -0.4 is 4.74 Å². The van der Waals surface area contributed by atoms with Crippen molar-refractivity contribution < 1.29 is 4.74 Å². The van der Waals surface area contributed by atoms with Crippen molar-refractivity contribution in [1.29, 1.82) is 5.26 Å². The molecule has 92 valence electrons. The summed E-state index contributed by atoms with van der Waals surface area (Å²) in [5.41, 5.74) is 0.900. The smallest absolute Gasteiger partial charge is 0.128 e. The summed E-state index contributed by atoms with van der Waals surface area (Å²) in [6.45, 7) is 2.60. The number of rotatable bonds is 5. The molecule has 1 heterocycles. The van der Waals surface area contributed by atoms with Crippen LogP contribution in [-0.2, 0) is 12.8 Å². The highest BCUT2D eigenvalue weighted by Gasteiger charge is 2.08. The summed E-state index contributed by atoms with van der Waals surface area (Å²) in [4.78, 5) is 5.18. The molecule has 0 aliphatic carbocycles. The van der Waals surface area contributed by atoms with E-state index in [1.807, 2.05) is 37.3 Å². The van der Waals surface area contributed by atoms with E-state index in [-0.39, 0.29) is 0 Å². The van der Waals surface area contributed by atoms with Crippen LogP contribution in [0.2, 0.25) is 0 Å². The molecule has 0 unspecified atom stereocenters. The van der Waals surface area contributed by atoms with Gasteiger partial charge in [0.05, 0.1) is 17.3 Å². The molecule has 0 atom stereocenters. The predicted octanol–water partition coefficient (Wildman–Crippen LogP) is 3.20. The van der Waals surface area contributed by atoms with Crippen LogP contribution in [0.3, 0.4) is 0 Å². The number of nitriles is 1. The lowest BCUT2D eigenvalue weighted by molar-refractivity contribution is 0.321. The first-order chi connectivity index (χ1) is 8.83. The third-order valence-corrected chi connectivity index (χ3v) is 3.57. The monoisotopic (exact) mass is 258 g/mol. The molecule has 3 nitrogen and oxygen atoms in total.